The van der Waals surface area contributed by atoms with Gasteiger partial charge in [0, 0.05) is 32.6 Å². The Balaban J connectivity index is 1.80. The molecule has 0 heterocycles. The quantitative estimate of drug-likeness (QED) is 0.229. The summed E-state index contributed by atoms with van der Waals surface area (Å²) in [5.74, 6) is -2.76. The van der Waals surface area contributed by atoms with E-state index in [0.717, 1.165) is 20.1 Å². The average molecular weight is 832 g/mol. The van der Waals surface area contributed by atoms with Gasteiger partial charge in [0.15, 0.2) is 8.67 Å². The molecule has 0 nitrogen and oxygen atoms in total. The standard InChI is InChI=1S/C20H6Br2Cl12/c21-5-1-3-4(2-6(5)22)8-10(18(30)14(26)12(24)16(8,28)20(18,33)34)9-7(3)15(27)11(23)13(25)17(9,29)19(15,31)32/h1-2,7-10H/t7-,8+,9-,10-,15-,16+,17-,18+/m1/s1. The van der Waals surface area contributed by atoms with Crippen LogP contribution in [0.25, 0.3) is 0 Å². The van der Waals surface area contributed by atoms with E-state index < -0.39 is 51.8 Å². The molecular weight excluding hydrogens is 825 g/mol. The van der Waals surface area contributed by atoms with Crippen LogP contribution in [0.1, 0.15) is 23.0 Å². The Morgan fingerprint density at radius 2 is 0.765 bits per heavy atom. The Morgan fingerprint density at radius 1 is 0.500 bits per heavy atom. The summed E-state index contributed by atoms with van der Waals surface area (Å²) < 4.78 is -2.19. The molecule has 34 heavy (non-hydrogen) atoms. The van der Waals surface area contributed by atoms with Gasteiger partial charge in [-0.3, -0.25) is 0 Å². The molecule has 5 aliphatic rings. The highest BCUT2D eigenvalue weighted by atomic mass is 79.9. The Labute approximate surface area is 272 Å². The van der Waals surface area contributed by atoms with Crippen molar-refractivity contribution in [2.75, 3.05) is 0 Å². The lowest BCUT2D eigenvalue weighted by Crippen LogP contribution is -2.53. The van der Waals surface area contributed by atoms with E-state index in [4.69, 9.17) is 139 Å². The van der Waals surface area contributed by atoms with Gasteiger partial charge in [0.1, 0.15) is 19.5 Å². The van der Waals surface area contributed by atoms with Crippen LogP contribution in [0, 0.1) is 11.8 Å². The normalized spacial score (nSPS) is 49.0. The van der Waals surface area contributed by atoms with Crippen molar-refractivity contribution in [2.45, 2.75) is 40.0 Å². The molecule has 1 aromatic carbocycles. The SMILES string of the molecule is ClC1=C(Cl)[C@@]2(Cl)[C@H]3c4cc(Br)c(Br)cc4[C@@H]4[C@H]([C@@H]3[C@@]1(Cl)C2(Cl)Cl)[C@@]1(Cl)C(Cl)=C(Cl)[C@@]4(Cl)C1(Cl)Cl. The lowest BCUT2D eigenvalue weighted by molar-refractivity contribution is 0.201. The van der Waals surface area contributed by atoms with Crippen molar-refractivity contribution in [3.63, 3.8) is 0 Å². The minimum absolute atomic E-state index is 0.0306. The highest BCUT2D eigenvalue weighted by molar-refractivity contribution is 9.13. The molecule has 0 aliphatic heterocycles. The van der Waals surface area contributed by atoms with Crippen LogP contribution in [0.4, 0.5) is 0 Å². The first-order valence-electron chi connectivity index (χ1n) is 9.53. The van der Waals surface area contributed by atoms with Gasteiger partial charge in [0.2, 0.25) is 0 Å². The zero-order valence-corrected chi connectivity index (χ0v) is 28.0. The van der Waals surface area contributed by atoms with Gasteiger partial charge in [-0.25, -0.2) is 0 Å². The van der Waals surface area contributed by atoms with Crippen LogP contribution in [0.5, 0.6) is 0 Å². The number of hydrogen-bond acceptors (Lipinski definition) is 0. The summed E-state index contributed by atoms with van der Waals surface area (Å²) >= 11 is 91.0. The van der Waals surface area contributed by atoms with Gasteiger partial charge in [-0.2, -0.15) is 0 Å². The zero-order valence-electron chi connectivity index (χ0n) is 15.8. The fourth-order valence-electron chi connectivity index (χ4n) is 6.89. The van der Waals surface area contributed by atoms with Gasteiger partial charge in [-0.15, -0.1) is 46.4 Å². The molecule has 0 N–H and O–H groups in total. The summed E-state index contributed by atoms with van der Waals surface area (Å²) in [5.41, 5.74) is 1.48. The highest BCUT2D eigenvalue weighted by Crippen LogP contribution is 2.88. The molecule has 0 saturated heterocycles. The van der Waals surface area contributed by atoms with Crippen molar-refractivity contribution in [1.29, 1.82) is 0 Å². The van der Waals surface area contributed by atoms with Crippen LogP contribution in [-0.2, 0) is 0 Å². The molecule has 184 valence electrons. The molecule has 5 aliphatic carbocycles. The van der Waals surface area contributed by atoms with Crippen LogP contribution < -0.4 is 0 Å². The molecule has 2 fully saturated rings. The molecule has 8 atom stereocenters. The van der Waals surface area contributed by atoms with Crippen molar-refractivity contribution in [3.05, 3.63) is 52.3 Å². The van der Waals surface area contributed by atoms with Crippen LogP contribution in [0.2, 0.25) is 0 Å². The first-order valence-corrected chi connectivity index (χ1v) is 15.7. The molecule has 14 heteroatoms. The Hall–Kier alpha value is 3.14. The molecule has 0 amide bonds. The monoisotopic (exact) mass is 824 g/mol. The maximum Gasteiger partial charge on any atom is 0.167 e. The summed E-state index contributed by atoms with van der Waals surface area (Å²) in [6.07, 6.45) is 0. The lowest BCUT2D eigenvalue weighted by atomic mass is 9.57. The molecule has 1 aromatic rings. The second-order valence-electron chi connectivity index (χ2n) is 9.15. The predicted molar refractivity (Wildman–Crippen MR) is 155 cm³/mol. The van der Waals surface area contributed by atoms with E-state index in [0.29, 0.717) is 0 Å². The van der Waals surface area contributed by atoms with E-state index in [1.807, 2.05) is 12.1 Å². The van der Waals surface area contributed by atoms with Gasteiger partial charge in [0.05, 0.1) is 20.1 Å². The van der Waals surface area contributed by atoms with Gasteiger partial charge in [0.25, 0.3) is 0 Å². The van der Waals surface area contributed by atoms with Crippen molar-refractivity contribution in [3.8, 4) is 0 Å². The second kappa shape index (κ2) is 7.50. The third-order valence-electron chi connectivity index (χ3n) is 8.17. The highest BCUT2D eigenvalue weighted by Gasteiger charge is 2.91. The van der Waals surface area contributed by atoms with Gasteiger partial charge in [-0.05, 0) is 55.1 Å². The summed E-state index contributed by atoms with van der Waals surface area (Å²) in [6, 6.07) is 3.77. The number of alkyl halides is 8. The van der Waals surface area contributed by atoms with Crippen LogP contribution >= 0.6 is 171 Å². The van der Waals surface area contributed by atoms with Crippen molar-refractivity contribution in [1.82, 2.24) is 0 Å². The van der Waals surface area contributed by atoms with Crippen molar-refractivity contribution in [2.24, 2.45) is 11.8 Å². The number of hydrogen-bond donors (Lipinski definition) is 0. The summed E-state index contributed by atoms with van der Waals surface area (Å²) in [6.45, 7) is 0. The molecule has 4 bridgehead atoms. The number of benzene rings is 1. The van der Waals surface area contributed by atoms with Crippen LogP contribution in [0.15, 0.2) is 41.2 Å². The average Bonchev–Trinajstić information content (AvgIpc) is 3.09. The summed E-state index contributed by atoms with van der Waals surface area (Å²) in [4.78, 5) is -6.50. The van der Waals surface area contributed by atoms with E-state index in [9.17, 15) is 0 Å². The number of fused-ring (bicyclic) bond motifs is 14. The Bertz CT molecular complexity index is 1190. The molecule has 2 saturated carbocycles. The molecule has 6 rings (SSSR count). The maximum absolute atomic E-state index is 7.30. The molecule has 0 aromatic heterocycles. The summed E-state index contributed by atoms with van der Waals surface area (Å²) in [7, 11) is 0. The van der Waals surface area contributed by atoms with Crippen LogP contribution in [0.3, 0.4) is 0 Å². The number of halogens is 14. The maximum atomic E-state index is 7.30. The largest absolute Gasteiger partial charge is 0.167 e. The number of allylic oxidation sites excluding steroid dienone is 4. The Kier molecular flexibility index (Phi) is 6.03. The van der Waals surface area contributed by atoms with E-state index in [1.54, 1.807) is 0 Å². The first-order chi connectivity index (χ1) is 15.4. The summed E-state index contributed by atoms with van der Waals surface area (Å²) in [5, 5.41) is 0.192. The lowest BCUT2D eigenvalue weighted by Gasteiger charge is -2.52. The third-order valence-corrected chi connectivity index (χ3v) is 18.6. The van der Waals surface area contributed by atoms with Crippen molar-refractivity contribution < 1.29 is 0 Å². The molecule has 0 radical (unpaired) electrons. The smallest absolute Gasteiger partial charge is 0.109 e. The Morgan fingerprint density at radius 3 is 1.06 bits per heavy atom. The first kappa shape index (κ1) is 27.3. The van der Waals surface area contributed by atoms with Gasteiger partial charge >= 0.3 is 0 Å². The minimum Gasteiger partial charge on any atom is -0.109 e. The topological polar surface area (TPSA) is 0 Å². The second-order valence-corrected chi connectivity index (χ2v) is 17.4. The van der Waals surface area contributed by atoms with E-state index in [1.165, 1.54) is 0 Å². The minimum atomic E-state index is -1.84. The van der Waals surface area contributed by atoms with Crippen molar-refractivity contribution >= 4 is 171 Å². The molecular formula is C20H6Br2Cl12. The zero-order chi connectivity index (χ0) is 25.3. The molecule has 0 unspecified atom stereocenters. The fraction of sp³-hybridized carbons (Fsp3) is 0.500. The fourth-order valence-corrected chi connectivity index (χ4v) is 13.7. The van der Waals surface area contributed by atoms with E-state index in [-0.39, 0.29) is 20.1 Å². The third kappa shape index (κ3) is 2.38. The van der Waals surface area contributed by atoms with Gasteiger partial charge in [-0.1, -0.05) is 92.8 Å². The van der Waals surface area contributed by atoms with Crippen LogP contribution in [-0.4, -0.2) is 28.2 Å². The van der Waals surface area contributed by atoms with E-state index in [2.05, 4.69) is 31.9 Å². The van der Waals surface area contributed by atoms with Gasteiger partial charge < -0.3 is 0 Å². The predicted octanol–water partition coefficient (Wildman–Crippen LogP) is 11.3. The number of rotatable bonds is 0. The van der Waals surface area contributed by atoms with E-state index >= 15 is 0 Å². The molecule has 0 spiro atoms.